The van der Waals surface area contributed by atoms with Crippen molar-refractivity contribution in [3.05, 3.63) is 36.5 Å². The molecule has 0 saturated carbocycles. The van der Waals surface area contributed by atoms with E-state index in [1.54, 1.807) is 0 Å². The van der Waals surface area contributed by atoms with Crippen molar-refractivity contribution < 1.29 is 103 Å². The first-order valence-electron chi connectivity index (χ1n) is 16.9. The van der Waals surface area contributed by atoms with Crippen LogP contribution < -0.4 is 0 Å². The molecule has 308 valence electrons. The molecule has 0 amide bonds. The molecule has 4 unspecified atom stereocenters. The minimum atomic E-state index is -1.80. The molecule has 0 spiro atoms. The molecule has 3 aliphatic heterocycles. The van der Waals surface area contributed by atoms with Crippen LogP contribution in [-0.4, -0.2) is 201 Å². The normalized spacial score (nSPS) is 35.4. The standard InChI is InChI=1S/C33H50O21/c1-14(4-7-34)29(44)50-11-18-22(37)23(38)19(12-49-18)52-31(46)16(3)6-9-48-33-28(43)26(41)24(39)20(54-33)13-51-30(45)15(2)5-8-47-32-27(42)25(40)21(36)17(10-35)53-32/h17-28,32-43H,1-13H2/t17-,18?,19?,20-,21-,22?,23?,24-,25+,26+,27-,28-,32-,33-/m1/s1. The van der Waals surface area contributed by atoms with Gasteiger partial charge in [0.15, 0.2) is 18.7 Å². The summed E-state index contributed by atoms with van der Waals surface area (Å²) in [7, 11) is 0. The SMILES string of the molecule is C=C(CCO)C(=O)OCC1OCC(OC(=O)C(=C)CCO[C@@H]2O[C@H](COC(=O)C(=C)CCO[C@@H]3O[C@H](CO)[C@@H](O)[C@H](O)[C@H]3O)[C@@H](O)[C@H](O)[C@H]2O)C(O)C1O. The molecule has 10 N–H and O–H groups in total. The van der Waals surface area contributed by atoms with Gasteiger partial charge in [-0.15, -0.1) is 0 Å². The molecule has 3 heterocycles. The maximum atomic E-state index is 12.6. The average Bonchev–Trinajstić information content (AvgIpc) is 3.15. The second kappa shape index (κ2) is 21.4. The smallest absolute Gasteiger partial charge is 0.333 e. The van der Waals surface area contributed by atoms with E-state index in [1.807, 2.05) is 0 Å². The number of carbonyl (C=O) groups is 3. The lowest BCUT2D eigenvalue weighted by molar-refractivity contribution is -0.301. The van der Waals surface area contributed by atoms with Crippen molar-refractivity contribution in [2.24, 2.45) is 0 Å². The zero-order chi connectivity index (χ0) is 40.3. The van der Waals surface area contributed by atoms with E-state index in [0.717, 1.165) is 0 Å². The van der Waals surface area contributed by atoms with Gasteiger partial charge >= 0.3 is 17.9 Å². The first-order chi connectivity index (χ1) is 25.5. The van der Waals surface area contributed by atoms with Crippen LogP contribution in [0.4, 0.5) is 0 Å². The second-order valence-corrected chi connectivity index (χ2v) is 12.7. The minimum Gasteiger partial charge on any atom is -0.459 e. The van der Waals surface area contributed by atoms with Crippen molar-refractivity contribution in [2.45, 2.75) is 105 Å². The van der Waals surface area contributed by atoms with Gasteiger partial charge in [0.05, 0.1) is 26.4 Å². The van der Waals surface area contributed by atoms with Gasteiger partial charge in [-0.2, -0.15) is 0 Å². The summed E-state index contributed by atoms with van der Waals surface area (Å²) in [4.78, 5) is 37.0. The first-order valence-corrected chi connectivity index (χ1v) is 16.9. The van der Waals surface area contributed by atoms with Crippen molar-refractivity contribution in [3.8, 4) is 0 Å². The van der Waals surface area contributed by atoms with Crippen LogP contribution in [0.1, 0.15) is 19.3 Å². The van der Waals surface area contributed by atoms with E-state index in [1.165, 1.54) is 0 Å². The highest BCUT2D eigenvalue weighted by molar-refractivity contribution is 5.88. The summed E-state index contributed by atoms with van der Waals surface area (Å²) in [5.41, 5.74) is -0.299. The largest absolute Gasteiger partial charge is 0.459 e. The summed E-state index contributed by atoms with van der Waals surface area (Å²) >= 11 is 0. The predicted molar refractivity (Wildman–Crippen MR) is 174 cm³/mol. The van der Waals surface area contributed by atoms with Gasteiger partial charge < -0.3 is 89.0 Å². The molecule has 3 rings (SSSR count). The van der Waals surface area contributed by atoms with Crippen molar-refractivity contribution in [1.82, 2.24) is 0 Å². The monoisotopic (exact) mass is 782 g/mol. The predicted octanol–water partition coefficient (Wildman–Crippen LogP) is -5.42. The summed E-state index contributed by atoms with van der Waals surface area (Å²) in [5, 5.41) is 99.9. The van der Waals surface area contributed by atoms with Gasteiger partial charge in [-0.25, -0.2) is 14.4 Å². The molecular weight excluding hydrogens is 732 g/mol. The number of aliphatic hydroxyl groups excluding tert-OH is 10. The van der Waals surface area contributed by atoms with Crippen molar-refractivity contribution in [2.75, 3.05) is 46.2 Å². The van der Waals surface area contributed by atoms with Crippen LogP contribution in [0.5, 0.6) is 0 Å². The van der Waals surface area contributed by atoms with Gasteiger partial charge in [0, 0.05) is 42.6 Å². The third kappa shape index (κ3) is 12.0. The Morgan fingerprint density at radius 1 is 0.556 bits per heavy atom. The summed E-state index contributed by atoms with van der Waals surface area (Å²) < 4.78 is 42.1. The molecule has 0 radical (unpaired) electrons. The molecule has 21 nitrogen and oxygen atoms in total. The topological polar surface area (TPSA) is 327 Å². The Kier molecular flexibility index (Phi) is 18.0. The van der Waals surface area contributed by atoms with Crippen LogP contribution >= 0.6 is 0 Å². The van der Waals surface area contributed by atoms with Gasteiger partial charge in [-0.05, 0) is 0 Å². The number of hydrogen-bond acceptors (Lipinski definition) is 21. The van der Waals surface area contributed by atoms with Crippen LogP contribution in [0.2, 0.25) is 0 Å². The van der Waals surface area contributed by atoms with E-state index in [9.17, 15) is 60.3 Å². The maximum absolute atomic E-state index is 12.6. The number of hydrogen-bond donors (Lipinski definition) is 10. The fourth-order valence-electron chi connectivity index (χ4n) is 5.28. The molecule has 0 bridgehead atoms. The highest BCUT2D eigenvalue weighted by atomic mass is 16.7. The number of aliphatic hydroxyl groups is 10. The molecule has 14 atom stereocenters. The number of carbonyl (C=O) groups excluding carboxylic acids is 3. The van der Waals surface area contributed by atoms with Crippen molar-refractivity contribution in [1.29, 1.82) is 0 Å². The Balaban J connectivity index is 1.39. The van der Waals surface area contributed by atoms with Gasteiger partial charge in [0.2, 0.25) is 0 Å². The van der Waals surface area contributed by atoms with E-state index in [-0.39, 0.29) is 62.4 Å². The molecule has 0 aromatic heterocycles. The number of ether oxygens (including phenoxy) is 8. The quantitative estimate of drug-likeness (QED) is 0.0332. The second-order valence-electron chi connectivity index (χ2n) is 12.7. The Bertz CT molecular complexity index is 1290. The fraction of sp³-hybridized carbons (Fsp3) is 0.727. The number of esters is 3. The average molecular weight is 783 g/mol. The lowest BCUT2D eigenvalue weighted by atomic mass is 9.99. The lowest BCUT2D eigenvalue weighted by Crippen LogP contribution is -2.59. The Morgan fingerprint density at radius 2 is 1.00 bits per heavy atom. The van der Waals surface area contributed by atoms with Gasteiger partial charge in [-0.3, -0.25) is 0 Å². The highest BCUT2D eigenvalue weighted by Crippen LogP contribution is 2.25. The van der Waals surface area contributed by atoms with Crippen LogP contribution in [0.25, 0.3) is 0 Å². The molecule has 0 aromatic rings. The Labute approximate surface area is 309 Å². The van der Waals surface area contributed by atoms with E-state index >= 15 is 0 Å². The van der Waals surface area contributed by atoms with Gasteiger partial charge in [0.25, 0.3) is 0 Å². The van der Waals surface area contributed by atoms with E-state index < -0.39 is 124 Å². The maximum Gasteiger partial charge on any atom is 0.333 e. The molecule has 3 aliphatic rings. The van der Waals surface area contributed by atoms with E-state index in [4.69, 9.17) is 43.0 Å². The molecule has 21 heteroatoms. The van der Waals surface area contributed by atoms with Crippen molar-refractivity contribution >= 4 is 17.9 Å². The summed E-state index contributed by atoms with van der Waals surface area (Å²) in [6.07, 6.45) is -21.8. The first kappa shape index (κ1) is 45.4. The minimum absolute atomic E-state index is 0.000700. The molecular formula is C33H50O21. The lowest BCUT2D eigenvalue weighted by Gasteiger charge is -2.40. The van der Waals surface area contributed by atoms with Gasteiger partial charge in [0.1, 0.15) is 80.4 Å². The van der Waals surface area contributed by atoms with E-state index in [2.05, 4.69) is 19.7 Å². The molecule has 0 aliphatic carbocycles. The fourth-order valence-corrected chi connectivity index (χ4v) is 5.28. The zero-order valence-corrected chi connectivity index (χ0v) is 29.2. The molecule has 3 saturated heterocycles. The van der Waals surface area contributed by atoms with E-state index in [0.29, 0.717) is 0 Å². The number of rotatable bonds is 19. The molecule has 0 aromatic carbocycles. The summed E-state index contributed by atoms with van der Waals surface area (Å²) in [6.45, 7) is 7.60. The Morgan fingerprint density at radius 3 is 1.52 bits per heavy atom. The Hall–Kier alpha value is -2.97. The van der Waals surface area contributed by atoms with Crippen molar-refractivity contribution in [3.63, 3.8) is 0 Å². The summed E-state index contributed by atoms with van der Waals surface area (Å²) in [5.74, 6) is -2.78. The summed E-state index contributed by atoms with van der Waals surface area (Å²) in [6, 6.07) is 0. The van der Waals surface area contributed by atoms with Crippen LogP contribution in [-0.2, 0) is 52.3 Å². The van der Waals surface area contributed by atoms with Crippen LogP contribution in [0.15, 0.2) is 36.5 Å². The molecule has 54 heavy (non-hydrogen) atoms. The zero-order valence-electron chi connectivity index (χ0n) is 29.2. The third-order valence-electron chi connectivity index (χ3n) is 8.77. The molecule has 3 fully saturated rings. The van der Waals surface area contributed by atoms with Crippen LogP contribution in [0, 0.1) is 0 Å². The highest BCUT2D eigenvalue weighted by Gasteiger charge is 2.46. The van der Waals surface area contributed by atoms with Crippen LogP contribution in [0.3, 0.4) is 0 Å². The third-order valence-corrected chi connectivity index (χ3v) is 8.77. The van der Waals surface area contributed by atoms with Gasteiger partial charge in [-0.1, -0.05) is 19.7 Å².